The molecule has 1 aromatic heterocycles. The Morgan fingerprint density at radius 3 is 2.69 bits per heavy atom. The molecule has 138 valence electrons. The molecule has 1 amide bonds. The van der Waals surface area contributed by atoms with Crippen molar-refractivity contribution in [3.05, 3.63) is 47.2 Å². The number of benzene rings is 1. The minimum Gasteiger partial charge on any atom is -0.493 e. The zero-order valence-corrected chi connectivity index (χ0v) is 15.4. The number of pyridine rings is 1. The standard InChI is InChI=1S/C18H19ClN2O5/c1-4-25-15-10-12(7-8-14(15)24-3)18(23)26-11(2)17(22)21-13-6-5-9-20-16(13)19/h5-11H,4H2,1-3H3,(H,21,22)/t11-/m1/s1. The molecule has 0 aliphatic rings. The number of hydrogen-bond donors (Lipinski definition) is 1. The lowest BCUT2D eigenvalue weighted by atomic mass is 10.2. The molecule has 1 N–H and O–H groups in total. The van der Waals surface area contributed by atoms with Crippen LogP contribution in [-0.2, 0) is 9.53 Å². The van der Waals surface area contributed by atoms with E-state index in [0.717, 1.165) is 0 Å². The maximum atomic E-state index is 12.3. The van der Waals surface area contributed by atoms with Gasteiger partial charge in [0.1, 0.15) is 0 Å². The van der Waals surface area contributed by atoms with Gasteiger partial charge in [0.2, 0.25) is 0 Å². The Morgan fingerprint density at radius 1 is 1.27 bits per heavy atom. The second-order valence-electron chi connectivity index (χ2n) is 5.18. The van der Waals surface area contributed by atoms with Crippen LogP contribution in [0.4, 0.5) is 5.69 Å². The van der Waals surface area contributed by atoms with Crippen molar-refractivity contribution in [1.29, 1.82) is 0 Å². The fourth-order valence-corrected chi connectivity index (χ4v) is 2.23. The van der Waals surface area contributed by atoms with E-state index in [0.29, 0.717) is 23.8 Å². The van der Waals surface area contributed by atoms with E-state index in [1.165, 1.54) is 32.4 Å². The van der Waals surface area contributed by atoms with E-state index in [2.05, 4.69) is 10.3 Å². The summed E-state index contributed by atoms with van der Waals surface area (Å²) in [4.78, 5) is 28.3. The van der Waals surface area contributed by atoms with Gasteiger partial charge in [-0.15, -0.1) is 0 Å². The normalized spacial score (nSPS) is 11.4. The van der Waals surface area contributed by atoms with Crippen LogP contribution < -0.4 is 14.8 Å². The van der Waals surface area contributed by atoms with Crippen LogP contribution in [0, 0.1) is 0 Å². The van der Waals surface area contributed by atoms with Gasteiger partial charge in [-0.05, 0) is 44.2 Å². The number of nitrogens with one attached hydrogen (secondary N) is 1. The molecule has 0 spiro atoms. The number of aromatic nitrogens is 1. The molecule has 7 nitrogen and oxygen atoms in total. The average Bonchev–Trinajstić information content (AvgIpc) is 2.63. The summed E-state index contributed by atoms with van der Waals surface area (Å²) in [6, 6.07) is 7.87. The number of hydrogen-bond acceptors (Lipinski definition) is 6. The molecule has 0 fully saturated rings. The van der Waals surface area contributed by atoms with Gasteiger partial charge in [-0.25, -0.2) is 9.78 Å². The molecular weight excluding hydrogens is 360 g/mol. The summed E-state index contributed by atoms with van der Waals surface area (Å²) in [6.07, 6.45) is 0.470. The fourth-order valence-electron chi connectivity index (χ4n) is 2.07. The first-order valence-corrected chi connectivity index (χ1v) is 8.27. The number of esters is 1. The number of carbonyl (C=O) groups is 2. The maximum Gasteiger partial charge on any atom is 0.339 e. The molecule has 0 saturated carbocycles. The zero-order chi connectivity index (χ0) is 19.1. The fraction of sp³-hybridized carbons (Fsp3) is 0.278. The van der Waals surface area contributed by atoms with Crippen molar-refractivity contribution in [2.24, 2.45) is 0 Å². The van der Waals surface area contributed by atoms with Gasteiger partial charge in [0.05, 0.1) is 25.0 Å². The smallest absolute Gasteiger partial charge is 0.339 e. The summed E-state index contributed by atoms with van der Waals surface area (Å²) in [5.41, 5.74) is 0.582. The number of amides is 1. The first-order chi connectivity index (χ1) is 12.5. The summed E-state index contributed by atoms with van der Waals surface area (Å²) in [5, 5.41) is 2.71. The van der Waals surface area contributed by atoms with Crippen LogP contribution in [0.2, 0.25) is 5.15 Å². The lowest BCUT2D eigenvalue weighted by Crippen LogP contribution is -2.30. The Morgan fingerprint density at radius 2 is 2.04 bits per heavy atom. The summed E-state index contributed by atoms with van der Waals surface area (Å²) in [5.74, 6) is -0.260. The van der Waals surface area contributed by atoms with Crippen LogP contribution in [0.1, 0.15) is 24.2 Å². The van der Waals surface area contributed by atoms with Crippen molar-refractivity contribution in [2.75, 3.05) is 19.0 Å². The Labute approximate surface area is 156 Å². The van der Waals surface area contributed by atoms with Crippen molar-refractivity contribution >= 4 is 29.2 Å². The van der Waals surface area contributed by atoms with Gasteiger partial charge in [-0.1, -0.05) is 11.6 Å². The third-order valence-corrected chi connectivity index (χ3v) is 3.67. The van der Waals surface area contributed by atoms with Gasteiger partial charge in [0, 0.05) is 6.20 Å². The first-order valence-electron chi connectivity index (χ1n) is 7.89. The van der Waals surface area contributed by atoms with Gasteiger partial charge < -0.3 is 19.5 Å². The predicted octanol–water partition coefficient (Wildman–Crippen LogP) is 3.33. The predicted molar refractivity (Wildman–Crippen MR) is 96.9 cm³/mol. The molecule has 0 aliphatic carbocycles. The van der Waals surface area contributed by atoms with E-state index in [1.54, 1.807) is 18.2 Å². The topological polar surface area (TPSA) is 86.8 Å². The lowest BCUT2D eigenvalue weighted by molar-refractivity contribution is -0.123. The van der Waals surface area contributed by atoms with Crippen LogP contribution >= 0.6 is 11.6 Å². The molecule has 0 bridgehead atoms. The third-order valence-electron chi connectivity index (χ3n) is 3.37. The number of nitrogens with zero attached hydrogens (tertiary/aromatic N) is 1. The molecule has 0 saturated heterocycles. The van der Waals surface area contributed by atoms with Crippen molar-refractivity contribution in [3.8, 4) is 11.5 Å². The van der Waals surface area contributed by atoms with E-state index in [1.807, 2.05) is 6.92 Å². The molecule has 0 unspecified atom stereocenters. The highest BCUT2D eigenvalue weighted by molar-refractivity contribution is 6.32. The molecule has 8 heteroatoms. The number of anilines is 1. The number of ether oxygens (including phenoxy) is 3. The van der Waals surface area contributed by atoms with Crippen LogP contribution in [0.25, 0.3) is 0 Å². The van der Waals surface area contributed by atoms with Crippen molar-refractivity contribution in [2.45, 2.75) is 20.0 Å². The molecule has 26 heavy (non-hydrogen) atoms. The highest BCUT2D eigenvalue weighted by atomic mass is 35.5. The number of halogens is 1. The van der Waals surface area contributed by atoms with Crippen LogP contribution in [0.5, 0.6) is 11.5 Å². The Bertz CT molecular complexity index is 797. The van der Waals surface area contributed by atoms with Gasteiger partial charge in [0.25, 0.3) is 5.91 Å². The van der Waals surface area contributed by atoms with Gasteiger partial charge in [-0.2, -0.15) is 0 Å². The van der Waals surface area contributed by atoms with Crippen LogP contribution in [0.3, 0.4) is 0 Å². The third kappa shape index (κ3) is 4.86. The molecule has 0 aliphatic heterocycles. The van der Waals surface area contributed by atoms with E-state index < -0.39 is 18.0 Å². The van der Waals surface area contributed by atoms with Gasteiger partial charge in [-0.3, -0.25) is 4.79 Å². The molecule has 2 rings (SSSR count). The average molecular weight is 379 g/mol. The summed E-state index contributed by atoms with van der Waals surface area (Å²) < 4.78 is 15.8. The minimum absolute atomic E-state index is 0.149. The molecule has 2 aromatic rings. The Balaban J connectivity index is 2.05. The van der Waals surface area contributed by atoms with Crippen molar-refractivity contribution in [1.82, 2.24) is 4.98 Å². The molecule has 1 heterocycles. The maximum absolute atomic E-state index is 12.3. The SMILES string of the molecule is CCOc1cc(C(=O)O[C@H](C)C(=O)Nc2cccnc2Cl)ccc1OC. The lowest BCUT2D eigenvalue weighted by Gasteiger charge is -2.15. The molecule has 0 radical (unpaired) electrons. The Hall–Kier alpha value is -2.80. The second-order valence-corrected chi connectivity index (χ2v) is 5.54. The van der Waals surface area contributed by atoms with E-state index in [-0.39, 0.29) is 10.7 Å². The van der Waals surface area contributed by atoms with E-state index >= 15 is 0 Å². The molecular formula is C18H19ClN2O5. The van der Waals surface area contributed by atoms with E-state index in [4.69, 9.17) is 25.8 Å². The quantitative estimate of drug-likeness (QED) is 0.587. The zero-order valence-electron chi connectivity index (χ0n) is 14.6. The largest absolute Gasteiger partial charge is 0.493 e. The molecule has 1 atom stereocenters. The van der Waals surface area contributed by atoms with Crippen molar-refractivity contribution < 1.29 is 23.8 Å². The van der Waals surface area contributed by atoms with E-state index in [9.17, 15) is 9.59 Å². The van der Waals surface area contributed by atoms with Gasteiger partial charge >= 0.3 is 5.97 Å². The monoisotopic (exact) mass is 378 g/mol. The highest BCUT2D eigenvalue weighted by Crippen LogP contribution is 2.28. The number of carbonyl (C=O) groups excluding carboxylic acids is 2. The summed E-state index contributed by atoms with van der Waals surface area (Å²) in [7, 11) is 1.51. The summed E-state index contributed by atoms with van der Waals surface area (Å²) >= 11 is 5.89. The highest BCUT2D eigenvalue weighted by Gasteiger charge is 2.21. The van der Waals surface area contributed by atoms with Gasteiger partial charge in [0.15, 0.2) is 22.8 Å². The second kappa shape index (κ2) is 9.05. The first kappa shape index (κ1) is 19.5. The van der Waals surface area contributed by atoms with Crippen LogP contribution in [0.15, 0.2) is 36.5 Å². The number of methoxy groups -OCH3 is 1. The van der Waals surface area contributed by atoms with Crippen LogP contribution in [-0.4, -0.2) is 36.7 Å². The summed E-state index contributed by atoms with van der Waals surface area (Å²) in [6.45, 7) is 3.70. The minimum atomic E-state index is -1.03. The van der Waals surface area contributed by atoms with Crippen molar-refractivity contribution in [3.63, 3.8) is 0 Å². The number of rotatable bonds is 7. The Kier molecular flexibility index (Phi) is 6.80. The molecule has 1 aromatic carbocycles.